The summed E-state index contributed by atoms with van der Waals surface area (Å²) in [5, 5.41) is 4.51. The van der Waals surface area contributed by atoms with Gasteiger partial charge < -0.3 is 14.5 Å². The standard InChI is InChI=1S/C32H32ClFN4O4S.ClH/c1-3-13-38(14-15-43(2,39)40)19-26-9-12-30(42-26)23-7-10-29-27(17-23)32(36-21-35-29)37-25-8-11-31(28(33)18-25)41-20-22-5-4-6-24(34)16-22;/h4-12,16-18,21H,3,13-15,19-20H2,1-2H3,(H,35,36,37);1H. The van der Waals surface area contributed by atoms with Crippen molar-refractivity contribution in [3.8, 4) is 17.1 Å². The summed E-state index contributed by atoms with van der Waals surface area (Å²) in [7, 11) is -3.05. The average molecular weight is 660 g/mol. The monoisotopic (exact) mass is 658 g/mol. The van der Waals surface area contributed by atoms with Gasteiger partial charge in [0.25, 0.3) is 0 Å². The van der Waals surface area contributed by atoms with Crippen molar-refractivity contribution in [2.24, 2.45) is 0 Å². The number of ether oxygens (including phenoxy) is 1. The van der Waals surface area contributed by atoms with Crippen molar-refractivity contribution in [3.63, 3.8) is 0 Å². The fraction of sp³-hybridized carbons (Fsp3) is 0.250. The lowest BCUT2D eigenvalue weighted by Gasteiger charge is -2.19. The van der Waals surface area contributed by atoms with Crippen molar-refractivity contribution in [3.05, 3.63) is 101 Å². The minimum Gasteiger partial charge on any atom is -0.487 e. The molecule has 0 saturated heterocycles. The van der Waals surface area contributed by atoms with E-state index in [0.29, 0.717) is 46.7 Å². The number of halogens is 3. The van der Waals surface area contributed by atoms with Gasteiger partial charge in [0.15, 0.2) is 0 Å². The van der Waals surface area contributed by atoms with Crippen molar-refractivity contribution in [2.75, 3.05) is 30.4 Å². The first-order valence-corrected chi connectivity index (χ1v) is 16.3. The second-order valence-electron chi connectivity index (χ2n) is 10.3. The third-order valence-electron chi connectivity index (χ3n) is 6.76. The number of furan rings is 1. The molecule has 0 amide bonds. The van der Waals surface area contributed by atoms with E-state index in [1.165, 1.54) is 24.7 Å². The van der Waals surface area contributed by atoms with Crippen LogP contribution >= 0.6 is 24.0 Å². The molecular formula is C32H33Cl2FN4O4S. The van der Waals surface area contributed by atoms with E-state index < -0.39 is 9.84 Å². The number of benzene rings is 3. The van der Waals surface area contributed by atoms with Crippen LogP contribution in [0.1, 0.15) is 24.7 Å². The zero-order valence-corrected chi connectivity index (χ0v) is 26.7. The molecule has 1 N–H and O–H groups in total. The van der Waals surface area contributed by atoms with Gasteiger partial charge in [0.1, 0.15) is 51.7 Å². The van der Waals surface area contributed by atoms with E-state index in [1.54, 1.807) is 24.3 Å². The second kappa shape index (κ2) is 14.9. The maximum absolute atomic E-state index is 13.5. The number of nitrogens with zero attached hydrogens (tertiary/aromatic N) is 3. The smallest absolute Gasteiger partial charge is 0.148 e. The Morgan fingerprint density at radius 1 is 1.02 bits per heavy atom. The first kappa shape index (κ1) is 33.2. The first-order valence-electron chi connectivity index (χ1n) is 13.8. The number of fused-ring (bicyclic) bond motifs is 1. The van der Waals surface area contributed by atoms with Crippen LogP contribution in [0.2, 0.25) is 5.02 Å². The van der Waals surface area contributed by atoms with Crippen molar-refractivity contribution in [2.45, 2.75) is 26.5 Å². The van der Waals surface area contributed by atoms with E-state index in [0.717, 1.165) is 35.2 Å². The van der Waals surface area contributed by atoms with Gasteiger partial charge in [-0.15, -0.1) is 12.4 Å². The van der Waals surface area contributed by atoms with Crippen LogP contribution in [-0.4, -0.2) is 48.4 Å². The van der Waals surface area contributed by atoms with E-state index in [4.69, 9.17) is 20.8 Å². The highest BCUT2D eigenvalue weighted by atomic mass is 35.5. The summed E-state index contributed by atoms with van der Waals surface area (Å²) < 4.78 is 48.8. The summed E-state index contributed by atoms with van der Waals surface area (Å²) in [6.45, 7) is 4.01. The lowest BCUT2D eigenvalue weighted by molar-refractivity contribution is 0.258. The maximum atomic E-state index is 13.5. The van der Waals surface area contributed by atoms with Gasteiger partial charge in [-0.05, 0) is 79.2 Å². The molecule has 2 aromatic heterocycles. The molecule has 0 saturated carbocycles. The third kappa shape index (κ3) is 8.92. The quantitative estimate of drug-likeness (QED) is 0.138. The normalized spacial score (nSPS) is 11.5. The van der Waals surface area contributed by atoms with Crippen LogP contribution in [0.5, 0.6) is 5.75 Å². The molecule has 0 atom stereocenters. The number of anilines is 2. The molecule has 12 heteroatoms. The Kier molecular flexibility index (Phi) is 11.2. The molecule has 0 radical (unpaired) electrons. The van der Waals surface area contributed by atoms with Gasteiger partial charge in [-0.25, -0.2) is 22.8 Å². The summed E-state index contributed by atoms with van der Waals surface area (Å²) in [5.74, 6) is 2.31. The van der Waals surface area contributed by atoms with Crippen LogP contribution in [0.4, 0.5) is 15.9 Å². The molecule has 8 nitrogen and oxygen atoms in total. The minimum atomic E-state index is -3.05. The lowest BCUT2D eigenvalue weighted by atomic mass is 10.1. The Morgan fingerprint density at radius 2 is 1.86 bits per heavy atom. The molecule has 44 heavy (non-hydrogen) atoms. The predicted octanol–water partition coefficient (Wildman–Crippen LogP) is 7.68. The summed E-state index contributed by atoms with van der Waals surface area (Å²) >= 11 is 6.50. The van der Waals surface area contributed by atoms with E-state index in [-0.39, 0.29) is 30.6 Å². The van der Waals surface area contributed by atoms with Gasteiger partial charge in [0.05, 0.1) is 22.8 Å². The number of nitrogens with one attached hydrogen (secondary N) is 1. The molecule has 3 aromatic carbocycles. The Balaban J connectivity index is 0.00000442. The van der Waals surface area contributed by atoms with Gasteiger partial charge >= 0.3 is 0 Å². The second-order valence-corrected chi connectivity index (χ2v) is 13.0. The molecule has 2 heterocycles. The zero-order valence-electron chi connectivity index (χ0n) is 24.3. The molecule has 0 unspecified atom stereocenters. The Bertz CT molecular complexity index is 1830. The number of sulfone groups is 1. The average Bonchev–Trinajstić information content (AvgIpc) is 3.44. The van der Waals surface area contributed by atoms with Gasteiger partial charge in [-0.1, -0.05) is 30.7 Å². The summed E-state index contributed by atoms with van der Waals surface area (Å²) in [6, 6.07) is 21.2. The Labute approximate surface area is 267 Å². The molecule has 0 aliphatic rings. The highest BCUT2D eigenvalue weighted by Gasteiger charge is 2.14. The van der Waals surface area contributed by atoms with E-state index in [9.17, 15) is 12.8 Å². The number of rotatable bonds is 13. The van der Waals surface area contributed by atoms with Crippen molar-refractivity contribution in [1.82, 2.24) is 14.9 Å². The van der Waals surface area contributed by atoms with Crippen LogP contribution in [0.25, 0.3) is 22.2 Å². The Hall–Kier alpha value is -3.70. The molecule has 0 aliphatic carbocycles. The minimum absolute atomic E-state index is 0. The SMILES string of the molecule is CCCN(CCS(C)(=O)=O)Cc1ccc(-c2ccc3ncnc(Nc4ccc(OCc5cccc(F)c5)c(Cl)c4)c3c2)o1.Cl. The zero-order chi connectivity index (χ0) is 30.4. The fourth-order valence-electron chi connectivity index (χ4n) is 4.65. The predicted molar refractivity (Wildman–Crippen MR) is 175 cm³/mol. The van der Waals surface area contributed by atoms with Crippen LogP contribution < -0.4 is 10.1 Å². The van der Waals surface area contributed by atoms with Gasteiger partial charge in [-0.3, -0.25) is 4.90 Å². The van der Waals surface area contributed by atoms with E-state index in [2.05, 4.69) is 27.1 Å². The molecule has 232 valence electrons. The molecule has 5 aromatic rings. The largest absolute Gasteiger partial charge is 0.487 e. The fourth-order valence-corrected chi connectivity index (χ4v) is 5.47. The highest BCUT2D eigenvalue weighted by Crippen LogP contribution is 2.33. The molecular weight excluding hydrogens is 626 g/mol. The molecule has 0 bridgehead atoms. The lowest BCUT2D eigenvalue weighted by Crippen LogP contribution is -2.29. The van der Waals surface area contributed by atoms with Crippen molar-refractivity contribution < 1.29 is 22.0 Å². The number of aromatic nitrogens is 2. The van der Waals surface area contributed by atoms with Crippen LogP contribution in [0.15, 0.2) is 83.5 Å². The number of hydrogen-bond donors (Lipinski definition) is 1. The van der Waals surface area contributed by atoms with Gasteiger partial charge in [0, 0.05) is 29.4 Å². The maximum Gasteiger partial charge on any atom is 0.148 e. The first-order chi connectivity index (χ1) is 20.7. The molecule has 5 rings (SSSR count). The third-order valence-corrected chi connectivity index (χ3v) is 7.98. The van der Waals surface area contributed by atoms with Crippen molar-refractivity contribution >= 4 is 56.3 Å². The van der Waals surface area contributed by atoms with Crippen molar-refractivity contribution in [1.29, 1.82) is 0 Å². The summed E-state index contributed by atoms with van der Waals surface area (Å²) in [5.41, 5.74) is 3.02. The topological polar surface area (TPSA) is 97.6 Å². The van der Waals surface area contributed by atoms with Crippen LogP contribution in [0, 0.1) is 5.82 Å². The number of hydrogen-bond acceptors (Lipinski definition) is 8. The molecule has 0 spiro atoms. The summed E-state index contributed by atoms with van der Waals surface area (Å²) in [4.78, 5) is 11.0. The highest BCUT2D eigenvalue weighted by molar-refractivity contribution is 7.90. The van der Waals surface area contributed by atoms with E-state index in [1.807, 2.05) is 36.4 Å². The molecule has 0 aliphatic heterocycles. The van der Waals surface area contributed by atoms with Gasteiger partial charge in [-0.2, -0.15) is 0 Å². The van der Waals surface area contributed by atoms with E-state index >= 15 is 0 Å². The Morgan fingerprint density at radius 3 is 2.61 bits per heavy atom. The summed E-state index contributed by atoms with van der Waals surface area (Å²) in [6.07, 6.45) is 3.66. The molecule has 0 fully saturated rings. The van der Waals surface area contributed by atoms with Crippen LogP contribution in [0.3, 0.4) is 0 Å². The van der Waals surface area contributed by atoms with Gasteiger partial charge in [0.2, 0.25) is 0 Å². The van der Waals surface area contributed by atoms with Crippen LogP contribution in [-0.2, 0) is 23.0 Å².